The number of rotatable bonds is 6. The van der Waals surface area contributed by atoms with E-state index in [1.54, 1.807) is 0 Å². The summed E-state index contributed by atoms with van der Waals surface area (Å²) in [5, 5.41) is 1.27. The van der Waals surface area contributed by atoms with E-state index in [9.17, 15) is 0 Å². The van der Waals surface area contributed by atoms with Crippen molar-refractivity contribution in [1.82, 2.24) is 9.80 Å². The number of fused-ring (bicyclic) bond motifs is 2. The van der Waals surface area contributed by atoms with E-state index in [0.29, 0.717) is 5.92 Å². The van der Waals surface area contributed by atoms with E-state index in [4.69, 9.17) is 4.99 Å². The lowest BCUT2D eigenvalue weighted by atomic mass is 9.69. The summed E-state index contributed by atoms with van der Waals surface area (Å²) < 4.78 is 0. The van der Waals surface area contributed by atoms with Gasteiger partial charge in [-0.15, -0.1) is 11.8 Å². The van der Waals surface area contributed by atoms with Gasteiger partial charge < -0.3 is 9.80 Å². The molecule has 1 aromatic carbocycles. The van der Waals surface area contributed by atoms with Crippen LogP contribution in [0.2, 0.25) is 0 Å². The summed E-state index contributed by atoms with van der Waals surface area (Å²) in [6.45, 7) is 11.2. The maximum Gasteiger partial charge on any atom is 0.102 e. The number of para-hydroxylation sites is 1. The van der Waals surface area contributed by atoms with Crippen molar-refractivity contribution < 1.29 is 0 Å². The van der Waals surface area contributed by atoms with Crippen molar-refractivity contribution in [3.63, 3.8) is 0 Å². The summed E-state index contributed by atoms with van der Waals surface area (Å²) in [7, 11) is 4.46. The lowest BCUT2D eigenvalue weighted by Gasteiger charge is -2.39. The van der Waals surface area contributed by atoms with Crippen molar-refractivity contribution in [1.29, 1.82) is 0 Å². The van der Waals surface area contributed by atoms with Crippen LogP contribution >= 0.6 is 11.8 Å². The molecule has 0 radical (unpaired) electrons. The summed E-state index contributed by atoms with van der Waals surface area (Å²) in [6.07, 6.45) is 6.70. The fraction of sp³-hybridized carbons (Fsp3) is 0.654. The molecule has 3 nitrogen and oxygen atoms in total. The van der Waals surface area contributed by atoms with Crippen LogP contribution in [0.1, 0.15) is 52.9 Å². The highest BCUT2D eigenvalue weighted by atomic mass is 32.2. The van der Waals surface area contributed by atoms with Crippen LogP contribution in [-0.2, 0) is 0 Å². The SMILES string of the molecule is CN(C)C1=C(C(=Nc2ccccc2)SCCN2CCCCC2)C2CCC1(C)C2(C)C. The first-order valence-corrected chi connectivity index (χ1v) is 12.7. The number of nitrogens with zero attached hydrogens (tertiary/aromatic N) is 3. The zero-order valence-corrected chi connectivity index (χ0v) is 20.4. The number of likely N-dealkylation sites (tertiary alicyclic amines) is 1. The Bertz CT molecular complexity index is 805. The molecule has 2 bridgehead atoms. The van der Waals surface area contributed by atoms with Crippen LogP contribution in [0.3, 0.4) is 0 Å². The molecule has 1 saturated heterocycles. The second kappa shape index (κ2) is 8.70. The maximum atomic E-state index is 5.25. The molecular formula is C26H39N3S. The molecule has 1 saturated carbocycles. The summed E-state index contributed by atoms with van der Waals surface area (Å²) in [4.78, 5) is 10.3. The van der Waals surface area contributed by atoms with Crippen LogP contribution in [-0.4, -0.2) is 54.3 Å². The van der Waals surface area contributed by atoms with Gasteiger partial charge in [0.05, 0.1) is 5.69 Å². The number of hydrogen-bond donors (Lipinski definition) is 0. The lowest BCUT2D eigenvalue weighted by Crippen LogP contribution is -2.34. The maximum absolute atomic E-state index is 5.25. The fourth-order valence-electron chi connectivity index (χ4n) is 6.12. The normalized spacial score (nSPS) is 29.0. The molecule has 1 aromatic rings. The highest BCUT2D eigenvalue weighted by Gasteiger charge is 2.62. The minimum Gasteiger partial charge on any atom is -0.380 e. The van der Waals surface area contributed by atoms with E-state index in [1.807, 2.05) is 11.8 Å². The minimum absolute atomic E-state index is 0.237. The zero-order valence-electron chi connectivity index (χ0n) is 19.6. The standard InChI is InChI=1S/C26H39N3S/c1-25(2)21-14-15-26(25,3)23(28(4)5)22(21)24(27-20-12-8-6-9-13-20)30-19-18-29-16-10-7-11-17-29/h6,8-9,12-13,21H,7,10-11,14-19H2,1-5H3. The molecule has 1 aliphatic heterocycles. The van der Waals surface area contributed by atoms with E-state index in [1.165, 1.54) is 68.1 Å². The van der Waals surface area contributed by atoms with Crippen molar-refractivity contribution in [3.8, 4) is 0 Å². The largest absolute Gasteiger partial charge is 0.380 e. The average molecular weight is 426 g/mol. The Balaban J connectivity index is 1.66. The van der Waals surface area contributed by atoms with Gasteiger partial charge in [-0.25, -0.2) is 4.99 Å². The van der Waals surface area contributed by atoms with Gasteiger partial charge in [0, 0.05) is 43.1 Å². The summed E-state index contributed by atoms with van der Waals surface area (Å²) in [6, 6.07) is 10.6. The molecule has 164 valence electrons. The molecule has 0 amide bonds. The number of piperidine rings is 1. The van der Waals surface area contributed by atoms with Gasteiger partial charge in [0.15, 0.2) is 0 Å². The van der Waals surface area contributed by atoms with Gasteiger partial charge in [-0.1, -0.05) is 45.4 Å². The molecule has 0 spiro atoms. The third-order valence-corrected chi connectivity index (χ3v) is 9.08. The van der Waals surface area contributed by atoms with Gasteiger partial charge in [-0.2, -0.15) is 0 Å². The van der Waals surface area contributed by atoms with Crippen LogP contribution in [0.25, 0.3) is 0 Å². The smallest absolute Gasteiger partial charge is 0.102 e. The molecule has 2 atom stereocenters. The summed E-state index contributed by atoms with van der Waals surface area (Å²) in [5.41, 5.74) is 4.67. The quantitative estimate of drug-likeness (QED) is 0.399. The van der Waals surface area contributed by atoms with E-state index in [-0.39, 0.29) is 10.8 Å². The monoisotopic (exact) mass is 425 g/mol. The predicted octanol–water partition coefficient (Wildman–Crippen LogP) is 6.21. The summed E-state index contributed by atoms with van der Waals surface area (Å²) in [5.74, 6) is 1.73. The third-order valence-electron chi connectivity index (χ3n) is 8.11. The first-order valence-electron chi connectivity index (χ1n) is 11.8. The van der Waals surface area contributed by atoms with Crippen LogP contribution in [0, 0.1) is 16.7 Å². The van der Waals surface area contributed by atoms with Crippen LogP contribution in [0.4, 0.5) is 5.69 Å². The number of benzene rings is 1. The Morgan fingerprint density at radius 2 is 1.80 bits per heavy atom. The van der Waals surface area contributed by atoms with Gasteiger partial charge in [0.25, 0.3) is 0 Å². The zero-order chi connectivity index (χ0) is 21.4. The highest BCUT2D eigenvalue weighted by Crippen LogP contribution is 2.68. The van der Waals surface area contributed by atoms with Gasteiger partial charge in [0.1, 0.15) is 5.04 Å². The van der Waals surface area contributed by atoms with Crippen molar-refractivity contribution in [2.45, 2.75) is 52.9 Å². The van der Waals surface area contributed by atoms with Gasteiger partial charge in [0.2, 0.25) is 0 Å². The molecule has 2 unspecified atom stereocenters. The highest BCUT2D eigenvalue weighted by molar-refractivity contribution is 8.14. The van der Waals surface area contributed by atoms with E-state index in [0.717, 1.165) is 11.4 Å². The first-order chi connectivity index (χ1) is 14.3. The van der Waals surface area contributed by atoms with E-state index in [2.05, 4.69) is 75.0 Å². The fourth-order valence-corrected chi connectivity index (χ4v) is 7.23. The second-order valence-corrected chi connectivity index (χ2v) is 11.4. The lowest BCUT2D eigenvalue weighted by molar-refractivity contribution is 0.145. The van der Waals surface area contributed by atoms with Gasteiger partial charge in [-0.05, 0) is 62.2 Å². The van der Waals surface area contributed by atoms with Gasteiger partial charge >= 0.3 is 0 Å². The Kier molecular flexibility index (Phi) is 6.37. The Morgan fingerprint density at radius 1 is 1.10 bits per heavy atom. The number of allylic oxidation sites excluding steroid dienone is 1. The molecule has 3 aliphatic rings. The van der Waals surface area contributed by atoms with Crippen molar-refractivity contribution >= 4 is 22.5 Å². The first kappa shape index (κ1) is 22.0. The molecule has 0 N–H and O–H groups in total. The molecule has 30 heavy (non-hydrogen) atoms. The topological polar surface area (TPSA) is 18.8 Å². The number of hydrogen-bond acceptors (Lipinski definition) is 4. The molecule has 2 fully saturated rings. The molecule has 0 aromatic heterocycles. The molecule has 2 aliphatic carbocycles. The van der Waals surface area contributed by atoms with Crippen LogP contribution in [0.15, 0.2) is 46.6 Å². The number of aliphatic imine (C=N–C) groups is 1. The van der Waals surface area contributed by atoms with Crippen LogP contribution in [0.5, 0.6) is 0 Å². The second-order valence-electron chi connectivity index (χ2n) is 10.3. The molecule has 1 heterocycles. The van der Waals surface area contributed by atoms with Crippen LogP contribution < -0.4 is 0 Å². The third kappa shape index (κ3) is 3.86. The predicted molar refractivity (Wildman–Crippen MR) is 132 cm³/mol. The Hall–Kier alpha value is -1.26. The van der Waals surface area contributed by atoms with Crippen molar-refractivity contribution in [2.24, 2.45) is 21.7 Å². The Morgan fingerprint density at radius 3 is 2.47 bits per heavy atom. The molecular weight excluding hydrogens is 386 g/mol. The Labute approximate surface area is 188 Å². The number of thioether (sulfide) groups is 1. The van der Waals surface area contributed by atoms with Crippen molar-refractivity contribution in [3.05, 3.63) is 41.6 Å². The van der Waals surface area contributed by atoms with E-state index < -0.39 is 0 Å². The molecule has 4 rings (SSSR count). The summed E-state index contributed by atoms with van der Waals surface area (Å²) >= 11 is 1.99. The average Bonchev–Trinajstić information content (AvgIpc) is 3.06. The van der Waals surface area contributed by atoms with Crippen molar-refractivity contribution in [2.75, 3.05) is 39.5 Å². The minimum atomic E-state index is 0.237. The van der Waals surface area contributed by atoms with Gasteiger partial charge in [-0.3, -0.25) is 0 Å². The van der Waals surface area contributed by atoms with E-state index >= 15 is 0 Å². The molecule has 4 heteroatoms.